The maximum absolute atomic E-state index is 12.9. The summed E-state index contributed by atoms with van der Waals surface area (Å²) in [5.41, 5.74) is 6.86. The quantitative estimate of drug-likeness (QED) is 0.762. The van der Waals surface area contributed by atoms with Gasteiger partial charge in [0.25, 0.3) is 0 Å². The van der Waals surface area contributed by atoms with Crippen LogP contribution in [-0.2, 0) is 22.4 Å². The molecule has 0 N–H and O–H groups in total. The van der Waals surface area contributed by atoms with E-state index in [0.717, 1.165) is 28.7 Å². The van der Waals surface area contributed by atoms with Crippen LogP contribution in [0, 0.1) is 13.8 Å². The summed E-state index contributed by atoms with van der Waals surface area (Å²) in [7, 11) is 0. The van der Waals surface area contributed by atoms with Crippen molar-refractivity contribution >= 4 is 18.1 Å². The van der Waals surface area contributed by atoms with Crippen molar-refractivity contribution in [2.75, 3.05) is 0 Å². The molecule has 1 fully saturated rings. The molecule has 2 atom stereocenters. The third-order valence-electron chi connectivity index (χ3n) is 5.63. The number of hydrogen-bond donors (Lipinski definition) is 0. The smallest absolute Gasteiger partial charge is 0.417 e. The van der Waals surface area contributed by atoms with Crippen LogP contribution in [0.4, 0.5) is 4.79 Å². The van der Waals surface area contributed by atoms with Gasteiger partial charge in [-0.3, -0.25) is 4.79 Å². The molecule has 1 saturated heterocycles. The van der Waals surface area contributed by atoms with Gasteiger partial charge in [-0.2, -0.15) is 0 Å². The number of allylic oxidation sites excluding steroid dienone is 1. The van der Waals surface area contributed by atoms with Gasteiger partial charge >= 0.3 is 6.09 Å². The van der Waals surface area contributed by atoms with E-state index in [4.69, 9.17) is 4.74 Å². The number of hydrogen-bond acceptors (Lipinski definition) is 3. The van der Waals surface area contributed by atoms with E-state index in [9.17, 15) is 9.59 Å². The highest BCUT2D eigenvalue weighted by Crippen LogP contribution is 2.34. The van der Waals surface area contributed by atoms with Crippen LogP contribution in [0.3, 0.4) is 0 Å². The summed E-state index contributed by atoms with van der Waals surface area (Å²) in [6, 6.07) is 12.0. The molecule has 1 heterocycles. The van der Waals surface area contributed by atoms with Gasteiger partial charge < -0.3 is 4.74 Å². The predicted molar refractivity (Wildman–Crippen MR) is 109 cm³/mol. The molecule has 0 radical (unpaired) electrons. The molecule has 2 aromatic rings. The molecule has 2 aromatic carbocycles. The van der Waals surface area contributed by atoms with Gasteiger partial charge in [-0.1, -0.05) is 59.7 Å². The van der Waals surface area contributed by atoms with Crippen LogP contribution < -0.4 is 0 Å². The van der Waals surface area contributed by atoms with Crippen LogP contribution in [0.5, 0.6) is 0 Å². The fraction of sp³-hybridized carbons (Fsp3) is 0.333. The number of benzene rings is 2. The summed E-state index contributed by atoms with van der Waals surface area (Å²) in [5.74, 6) is -0.177. The molecule has 2 aliphatic rings. The van der Waals surface area contributed by atoms with Crippen molar-refractivity contribution in [2.24, 2.45) is 0 Å². The molecule has 0 aromatic heterocycles. The SMILES string of the molecule is Cc1cc(C)cc([C@H]2OC(=O)N(C(=O)CCc3cccc4c3C=CC4)[C@H]2C)c1. The fourth-order valence-corrected chi connectivity index (χ4v) is 4.36. The number of amides is 2. The zero-order valence-electron chi connectivity index (χ0n) is 16.6. The van der Waals surface area contributed by atoms with E-state index in [2.05, 4.69) is 30.4 Å². The highest BCUT2D eigenvalue weighted by molar-refractivity contribution is 5.94. The van der Waals surface area contributed by atoms with Gasteiger partial charge in [-0.25, -0.2) is 9.69 Å². The van der Waals surface area contributed by atoms with E-state index in [1.54, 1.807) is 0 Å². The topological polar surface area (TPSA) is 46.6 Å². The lowest BCUT2D eigenvalue weighted by Crippen LogP contribution is -2.37. The number of carbonyl (C=O) groups excluding carboxylic acids is 2. The zero-order chi connectivity index (χ0) is 19.8. The molecular formula is C24H25NO3. The van der Waals surface area contributed by atoms with Gasteiger partial charge in [0.05, 0.1) is 6.04 Å². The van der Waals surface area contributed by atoms with E-state index in [1.165, 1.54) is 16.0 Å². The number of fused-ring (bicyclic) bond motifs is 1. The van der Waals surface area contributed by atoms with Gasteiger partial charge in [0.2, 0.25) is 5.91 Å². The minimum atomic E-state index is -0.542. The maximum Gasteiger partial charge on any atom is 0.417 e. The molecule has 4 heteroatoms. The van der Waals surface area contributed by atoms with E-state index >= 15 is 0 Å². The predicted octanol–water partition coefficient (Wildman–Crippen LogP) is 4.91. The Morgan fingerprint density at radius 2 is 1.93 bits per heavy atom. The molecule has 4 nitrogen and oxygen atoms in total. The second kappa shape index (κ2) is 7.27. The zero-order valence-corrected chi connectivity index (χ0v) is 16.6. The van der Waals surface area contributed by atoms with Crippen molar-refractivity contribution in [2.45, 2.75) is 52.2 Å². The molecular weight excluding hydrogens is 350 g/mol. The minimum absolute atomic E-state index is 0.177. The Morgan fingerprint density at radius 3 is 2.68 bits per heavy atom. The number of cyclic esters (lactones) is 1. The number of aryl methyl sites for hydroxylation is 3. The molecule has 0 bridgehead atoms. The average Bonchev–Trinajstić information content (AvgIpc) is 3.23. The lowest BCUT2D eigenvalue weighted by Gasteiger charge is -2.20. The van der Waals surface area contributed by atoms with Gasteiger partial charge in [0.1, 0.15) is 6.10 Å². The van der Waals surface area contributed by atoms with E-state index in [1.807, 2.05) is 39.0 Å². The van der Waals surface area contributed by atoms with E-state index in [0.29, 0.717) is 12.8 Å². The van der Waals surface area contributed by atoms with Gasteiger partial charge in [-0.15, -0.1) is 0 Å². The molecule has 0 unspecified atom stereocenters. The maximum atomic E-state index is 12.9. The van der Waals surface area contributed by atoms with Gasteiger partial charge in [0.15, 0.2) is 0 Å². The number of nitrogens with zero attached hydrogens (tertiary/aromatic N) is 1. The van der Waals surface area contributed by atoms with Crippen molar-refractivity contribution < 1.29 is 14.3 Å². The summed E-state index contributed by atoms with van der Waals surface area (Å²) < 4.78 is 5.58. The first kappa shape index (κ1) is 18.5. The van der Waals surface area contributed by atoms with E-state index in [-0.39, 0.29) is 11.9 Å². The fourth-order valence-electron chi connectivity index (χ4n) is 4.36. The summed E-state index contributed by atoms with van der Waals surface area (Å²) in [6.45, 7) is 5.93. The molecule has 0 saturated carbocycles. The summed E-state index contributed by atoms with van der Waals surface area (Å²) in [6.07, 6.45) is 5.17. The number of carbonyl (C=O) groups is 2. The Balaban J connectivity index is 1.48. The first-order valence-corrected chi connectivity index (χ1v) is 9.82. The Kier molecular flexibility index (Phi) is 4.80. The largest absolute Gasteiger partial charge is 0.439 e. The van der Waals surface area contributed by atoms with Crippen molar-refractivity contribution in [3.8, 4) is 0 Å². The Labute approximate surface area is 165 Å². The lowest BCUT2D eigenvalue weighted by molar-refractivity contribution is -0.129. The number of rotatable bonds is 4. The summed E-state index contributed by atoms with van der Waals surface area (Å²) in [4.78, 5) is 26.6. The first-order chi connectivity index (χ1) is 13.4. The van der Waals surface area contributed by atoms with Crippen LogP contribution in [0.25, 0.3) is 6.08 Å². The highest BCUT2D eigenvalue weighted by atomic mass is 16.6. The number of imide groups is 1. The van der Waals surface area contributed by atoms with Crippen molar-refractivity contribution in [1.82, 2.24) is 4.90 Å². The van der Waals surface area contributed by atoms with Crippen molar-refractivity contribution in [3.05, 3.63) is 75.9 Å². The third kappa shape index (κ3) is 3.35. The molecule has 0 spiro atoms. The Hall–Kier alpha value is -2.88. The van der Waals surface area contributed by atoms with E-state index < -0.39 is 12.2 Å². The normalized spacial score (nSPS) is 20.4. The van der Waals surface area contributed by atoms with Crippen LogP contribution in [0.15, 0.2) is 42.5 Å². The summed E-state index contributed by atoms with van der Waals surface area (Å²) in [5, 5.41) is 0. The lowest BCUT2D eigenvalue weighted by atomic mass is 9.98. The highest BCUT2D eigenvalue weighted by Gasteiger charge is 2.43. The minimum Gasteiger partial charge on any atom is -0.439 e. The molecule has 28 heavy (non-hydrogen) atoms. The Morgan fingerprint density at radius 1 is 1.18 bits per heavy atom. The van der Waals surface area contributed by atoms with Gasteiger partial charge in [-0.05, 0) is 55.9 Å². The molecule has 4 rings (SSSR count). The van der Waals surface area contributed by atoms with Crippen LogP contribution in [0.1, 0.15) is 52.8 Å². The summed E-state index contributed by atoms with van der Waals surface area (Å²) >= 11 is 0. The van der Waals surface area contributed by atoms with Crippen LogP contribution in [0.2, 0.25) is 0 Å². The standard InChI is InChI=1S/C24H25NO3/c1-15-12-16(2)14-20(13-15)23-17(3)25(24(27)28-23)22(26)11-10-19-7-4-6-18-8-5-9-21(18)19/h4-7,9,12-14,17,23H,8,10-11H2,1-3H3/t17-,23-/m0/s1. The Bertz CT molecular complexity index is 956. The van der Waals surface area contributed by atoms with Crippen molar-refractivity contribution in [1.29, 1.82) is 0 Å². The van der Waals surface area contributed by atoms with Crippen LogP contribution in [-0.4, -0.2) is 22.9 Å². The second-order valence-electron chi connectivity index (χ2n) is 7.83. The van der Waals surface area contributed by atoms with Crippen LogP contribution >= 0.6 is 0 Å². The third-order valence-corrected chi connectivity index (χ3v) is 5.63. The second-order valence-corrected chi connectivity index (χ2v) is 7.83. The number of ether oxygens (including phenoxy) is 1. The molecule has 1 aliphatic heterocycles. The first-order valence-electron chi connectivity index (χ1n) is 9.82. The molecule has 1 aliphatic carbocycles. The molecule has 144 valence electrons. The average molecular weight is 375 g/mol. The molecule has 2 amide bonds. The van der Waals surface area contributed by atoms with Gasteiger partial charge in [0, 0.05) is 6.42 Å². The monoisotopic (exact) mass is 375 g/mol. The van der Waals surface area contributed by atoms with Crippen molar-refractivity contribution in [3.63, 3.8) is 0 Å².